The second kappa shape index (κ2) is 7.93. The molecule has 148 valence electrons. The number of carbonyl (C=O) groups is 2. The Hall–Kier alpha value is -3.00. The summed E-state index contributed by atoms with van der Waals surface area (Å²) in [6, 6.07) is 9.98. The average Bonchev–Trinajstić information content (AvgIpc) is 3.36. The summed E-state index contributed by atoms with van der Waals surface area (Å²) < 4.78 is 10.9. The number of aromatic nitrogens is 1. The van der Waals surface area contributed by atoms with Gasteiger partial charge in [-0.3, -0.25) is 9.69 Å². The lowest BCUT2D eigenvalue weighted by molar-refractivity contribution is -0.119. The zero-order valence-corrected chi connectivity index (χ0v) is 15.8. The maximum atomic E-state index is 12.4. The van der Waals surface area contributed by atoms with Gasteiger partial charge in [0.2, 0.25) is 5.91 Å². The first kappa shape index (κ1) is 18.4. The second-order valence-electron chi connectivity index (χ2n) is 6.94. The molecule has 0 saturated carbocycles. The van der Waals surface area contributed by atoms with Crippen molar-refractivity contribution in [1.82, 2.24) is 10.3 Å². The van der Waals surface area contributed by atoms with Gasteiger partial charge < -0.3 is 24.7 Å². The van der Waals surface area contributed by atoms with E-state index in [0.717, 1.165) is 35.7 Å². The first-order chi connectivity index (χ1) is 13.6. The molecule has 2 fully saturated rings. The number of rotatable bonds is 5. The van der Waals surface area contributed by atoms with Crippen LogP contribution >= 0.6 is 0 Å². The number of nitrogens with one attached hydrogen (secondary N) is 2. The van der Waals surface area contributed by atoms with E-state index in [-0.39, 0.29) is 12.0 Å². The molecule has 0 spiro atoms. The van der Waals surface area contributed by atoms with Gasteiger partial charge in [0.25, 0.3) is 0 Å². The number of carbonyl (C=O) groups excluding carboxylic acids is 2. The lowest BCUT2D eigenvalue weighted by atomic mass is 10.1. The van der Waals surface area contributed by atoms with Crippen LogP contribution in [0.3, 0.4) is 0 Å². The molecular formula is C20H24N4O4. The average molecular weight is 384 g/mol. The highest BCUT2D eigenvalue weighted by Gasteiger charge is 2.33. The summed E-state index contributed by atoms with van der Waals surface area (Å²) in [5.41, 5.74) is 3.90. The fourth-order valence-electron chi connectivity index (χ4n) is 3.58. The van der Waals surface area contributed by atoms with Crippen molar-refractivity contribution in [2.75, 3.05) is 49.2 Å². The first-order valence-corrected chi connectivity index (χ1v) is 9.45. The number of ether oxygens (including phenoxy) is 2. The minimum absolute atomic E-state index is 0.140. The van der Waals surface area contributed by atoms with Gasteiger partial charge in [0.05, 0.1) is 26.3 Å². The van der Waals surface area contributed by atoms with Gasteiger partial charge in [-0.05, 0) is 30.3 Å². The molecule has 2 aliphatic heterocycles. The van der Waals surface area contributed by atoms with Gasteiger partial charge in [0.1, 0.15) is 6.10 Å². The van der Waals surface area contributed by atoms with E-state index in [1.807, 2.05) is 36.5 Å². The smallest absolute Gasteiger partial charge is 0.414 e. The number of aromatic amines is 1. The fourth-order valence-corrected chi connectivity index (χ4v) is 3.58. The second-order valence-corrected chi connectivity index (χ2v) is 6.94. The first-order valence-electron chi connectivity index (χ1n) is 9.45. The van der Waals surface area contributed by atoms with Crippen LogP contribution in [0.15, 0.2) is 36.5 Å². The number of hydrogen-bond donors (Lipinski definition) is 2. The van der Waals surface area contributed by atoms with Gasteiger partial charge >= 0.3 is 6.09 Å². The van der Waals surface area contributed by atoms with Crippen LogP contribution in [-0.2, 0) is 14.3 Å². The molecule has 0 bridgehead atoms. The molecule has 0 aliphatic carbocycles. The Morgan fingerprint density at radius 3 is 2.82 bits per heavy atom. The summed E-state index contributed by atoms with van der Waals surface area (Å²) in [7, 11) is 0. The van der Waals surface area contributed by atoms with Crippen LogP contribution in [0, 0.1) is 0 Å². The van der Waals surface area contributed by atoms with E-state index in [4.69, 9.17) is 9.47 Å². The van der Waals surface area contributed by atoms with Crippen molar-refractivity contribution in [3.63, 3.8) is 0 Å². The monoisotopic (exact) mass is 384 g/mol. The van der Waals surface area contributed by atoms with Crippen LogP contribution in [0.2, 0.25) is 0 Å². The Bertz CT molecular complexity index is 846. The molecule has 1 aromatic carbocycles. The summed E-state index contributed by atoms with van der Waals surface area (Å²) in [5.74, 6) is -0.140. The molecule has 2 saturated heterocycles. The lowest BCUT2D eigenvalue weighted by Gasteiger charge is -2.31. The Labute approximate surface area is 163 Å². The highest BCUT2D eigenvalue weighted by Crippen LogP contribution is 2.35. The molecule has 2 aromatic rings. The van der Waals surface area contributed by atoms with Gasteiger partial charge in [0, 0.05) is 48.8 Å². The minimum Gasteiger partial charge on any atom is -0.442 e. The molecule has 8 heteroatoms. The topological polar surface area (TPSA) is 86.9 Å². The molecule has 1 atom stereocenters. The summed E-state index contributed by atoms with van der Waals surface area (Å²) >= 11 is 0. The Morgan fingerprint density at radius 1 is 1.29 bits per heavy atom. The highest BCUT2D eigenvalue weighted by atomic mass is 16.6. The largest absolute Gasteiger partial charge is 0.442 e. The van der Waals surface area contributed by atoms with E-state index in [1.54, 1.807) is 4.90 Å². The number of hydrogen-bond acceptors (Lipinski definition) is 5. The van der Waals surface area contributed by atoms with Crippen molar-refractivity contribution in [2.24, 2.45) is 0 Å². The molecule has 0 radical (unpaired) electrons. The number of cyclic esters (lactones) is 1. The molecule has 8 nitrogen and oxygen atoms in total. The third-order valence-electron chi connectivity index (χ3n) is 4.98. The van der Waals surface area contributed by atoms with Crippen LogP contribution < -0.4 is 15.1 Å². The number of amides is 2. The highest BCUT2D eigenvalue weighted by molar-refractivity contribution is 5.92. The molecule has 2 N–H and O–H groups in total. The molecule has 2 aliphatic rings. The molecule has 28 heavy (non-hydrogen) atoms. The molecular weight excluding hydrogens is 360 g/mol. The van der Waals surface area contributed by atoms with Crippen LogP contribution in [0.4, 0.5) is 16.2 Å². The van der Waals surface area contributed by atoms with E-state index in [9.17, 15) is 9.59 Å². The van der Waals surface area contributed by atoms with E-state index >= 15 is 0 Å². The maximum absolute atomic E-state index is 12.4. The van der Waals surface area contributed by atoms with E-state index < -0.39 is 6.09 Å². The minimum atomic E-state index is -0.396. The van der Waals surface area contributed by atoms with Gasteiger partial charge in [-0.2, -0.15) is 0 Å². The Kier molecular flexibility index (Phi) is 5.21. The molecule has 1 aromatic heterocycles. The predicted octanol–water partition coefficient (Wildman–Crippen LogP) is 1.98. The number of benzene rings is 1. The number of anilines is 2. The van der Waals surface area contributed by atoms with Crippen LogP contribution in [0.1, 0.15) is 6.92 Å². The van der Waals surface area contributed by atoms with E-state index in [1.165, 1.54) is 6.92 Å². The molecule has 0 unspecified atom stereocenters. The van der Waals surface area contributed by atoms with Gasteiger partial charge in [-0.1, -0.05) is 0 Å². The van der Waals surface area contributed by atoms with Crippen molar-refractivity contribution in [2.45, 2.75) is 13.0 Å². The number of nitrogens with zero attached hydrogens (tertiary/aromatic N) is 2. The van der Waals surface area contributed by atoms with Crippen molar-refractivity contribution in [3.05, 3.63) is 36.5 Å². The lowest BCUT2D eigenvalue weighted by Crippen LogP contribution is -2.36. The number of H-pyrrole nitrogens is 1. The predicted molar refractivity (Wildman–Crippen MR) is 106 cm³/mol. The van der Waals surface area contributed by atoms with Crippen LogP contribution in [0.25, 0.3) is 11.3 Å². The third kappa shape index (κ3) is 3.82. The summed E-state index contributed by atoms with van der Waals surface area (Å²) in [5, 5.41) is 2.70. The molecule has 4 rings (SSSR count). The number of morpholine rings is 1. The zero-order chi connectivity index (χ0) is 19.5. The maximum Gasteiger partial charge on any atom is 0.414 e. The Morgan fingerprint density at radius 2 is 2.11 bits per heavy atom. The van der Waals surface area contributed by atoms with Gasteiger partial charge in [-0.25, -0.2) is 4.79 Å². The zero-order valence-electron chi connectivity index (χ0n) is 15.8. The Balaban J connectivity index is 1.61. The van der Waals surface area contributed by atoms with Crippen molar-refractivity contribution < 1.29 is 19.1 Å². The fraction of sp³-hybridized carbons (Fsp3) is 0.400. The van der Waals surface area contributed by atoms with E-state index in [0.29, 0.717) is 26.3 Å². The standard InChI is InChI=1S/C20H24N4O4/c1-14(25)22-12-16-13-24(20(26)28-16)15-4-5-19(23-7-9-27-10-8-23)17(11-15)18-3-2-6-21-18/h2-6,11,16,21H,7-10,12-13H2,1H3,(H,22,25)/t16-/m0/s1. The van der Waals surface area contributed by atoms with Crippen LogP contribution in [-0.4, -0.2) is 62.5 Å². The van der Waals surface area contributed by atoms with E-state index in [2.05, 4.69) is 15.2 Å². The summed E-state index contributed by atoms with van der Waals surface area (Å²) in [6.45, 7) is 5.23. The normalized spacial score (nSPS) is 19.6. The van der Waals surface area contributed by atoms with Crippen molar-refractivity contribution in [1.29, 1.82) is 0 Å². The summed E-state index contributed by atoms with van der Waals surface area (Å²) in [6.07, 6.45) is 1.13. The van der Waals surface area contributed by atoms with Crippen molar-refractivity contribution >= 4 is 23.4 Å². The van der Waals surface area contributed by atoms with Gasteiger partial charge in [-0.15, -0.1) is 0 Å². The quantitative estimate of drug-likeness (QED) is 0.823. The molecule has 2 amide bonds. The summed E-state index contributed by atoms with van der Waals surface area (Å²) in [4.78, 5) is 30.7. The SMILES string of the molecule is CC(=O)NC[C@H]1CN(c2ccc(N3CCOCC3)c(-c3ccc[nH]3)c2)C(=O)O1. The molecule has 3 heterocycles. The van der Waals surface area contributed by atoms with Crippen LogP contribution in [0.5, 0.6) is 0 Å². The van der Waals surface area contributed by atoms with Crippen molar-refractivity contribution in [3.8, 4) is 11.3 Å². The van der Waals surface area contributed by atoms with Gasteiger partial charge in [0.15, 0.2) is 0 Å². The third-order valence-corrected chi connectivity index (χ3v) is 4.98.